The Morgan fingerprint density at radius 2 is 1.83 bits per heavy atom. The van der Waals surface area contributed by atoms with Gasteiger partial charge in [0.15, 0.2) is 0 Å². The van der Waals surface area contributed by atoms with Crippen LogP contribution in [0.25, 0.3) is 0 Å². The van der Waals surface area contributed by atoms with Gasteiger partial charge in [0.2, 0.25) is 5.91 Å². The van der Waals surface area contributed by atoms with Crippen LogP contribution in [0.4, 0.5) is 13.6 Å². The van der Waals surface area contributed by atoms with E-state index in [1.807, 2.05) is 0 Å². The van der Waals surface area contributed by atoms with Crippen LogP contribution < -0.4 is 10.6 Å². The second kappa shape index (κ2) is 8.47. The van der Waals surface area contributed by atoms with Gasteiger partial charge < -0.3 is 10.2 Å². The summed E-state index contributed by atoms with van der Waals surface area (Å²) in [6.07, 6.45) is 2.08. The molecule has 0 radical (unpaired) electrons. The number of halogens is 2. The van der Waals surface area contributed by atoms with Crippen LogP contribution in [0.5, 0.6) is 0 Å². The van der Waals surface area contributed by atoms with Crippen LogP contribution in [0.15, 0.2) is 18.2 Å². The quantitative estimate of drug-likeness (QED) is 0.712. The number of rotatable bonds is 6. The van der Waals surface area contributed by atoms with Crippen molar-refractivity contribution < 1.29 is 23.2 Å². The number of urea groups is 1. The Morgan fingerprint density at radius 1 is 1.21 bits per heavy atom. The van der Waals surface area contributed by atoms with Gasteiger partial charge in [-0.15, -0.1) is 0 Å². The zero-order valence-electron chi connectivity index (χ0n) is 16.8. The number of carbonyl (C=O) groups is 3. The van der Waals surface area contributed by atoms with Gasteiger partial charge in [0.25, 0.3) is 5.91 Å². The monoisotopic (exact) mass is 407 g/mol. The lowest BCUT2D eigenvalue weighted by molar-refractivity contribution is -0.133. The van der Waals surface area contributed by atoms with Crippen molar-refractivity contribution >= 4 is 17.8 Å². The summed E-state index contributed by atoms with van der Waals surface area (Å²) in [5.74, 6) is -1.82. The first-order valence-electron chi connectivity index (χ1n) is 10.1. The highest BCUT2D eigenvalue weighted by atomic mass is 19.1. The van der Waals surface area contributed by atoms with Crippen LogP contribution in [0.2, 0.25) is 0 Å². The molecule has 0 bridgehead atoms. The molecule has 0 saturated carbocycles. The number of nitrogens with one attached hydrogen (secondary N) is 2. The minimum absolute atomic E-state index is 0.0954. The van der Waals surface area contributed by atoms with Gasteiger partial charge >= 0.3 is 6.03 Å². The summed E-state index contributed by atoms with van der Waals surface area (Å²) < 4.78 is 27.7. The summed E-state index contributed by atoms with van der Waals surface area (Å²) in [5.41, 5.74) is -1.18. The molecule has 2 fully saturated rings. The fourth-order valence-corrected chi connectivity index (χ4v) is 4.28. The Bertz CT molecular complexity index is 786. The van der Waals surface area contributed by atoms with Crippen LogP contribution >= 0.6 is 0 Å². The number of piperidine rings is 1. The number of amides is 4. The van der Waals surface area contributed by atoms with Crippen molar-refractivity contribution in [2.45, 2.75) is 51.5 Å². The van der Waals surface area contributed by atoms with E-state index in [9.17, 15) is 23.2 Å². The van der Waals surface area contributed by atoms with Crippen molar-refractivity contribution in [1.82, 2.24) is 15.5 Å². The van der Waals surface area contributed by atoms with E-state index in [0.717, 1.165) is 18.6 Å². The van der Waals surface area contributed by atoms with E-state index in [1.165, 1.54) is 6.07 Å². The second-order valence-electron chi connectivity index (χ2n) is 8.34. The van der Waals surface area contributed by atoms with Crippen LogP contribution in [0.3, 0.4) is 0 Å². The largest absolute Gasteiger partial charge is 0.342 e. The van der Waals surface area contributed by atoms with Gasteiger partial charge in [-0.2, -0.15) is 0 Å². The molecule has 1 atom stereocenters. The summed E-state index contributed by atoms with van der Waals surface area (Å²) >= 11 is 0. The van der Waals surface area contributed by atoms with E-state index < -0.39 is 23.2 Å². The van der Waals surface area contributed by atoms with Gasteiger partial charge in [-0.1, -0.05) is 19.9 Å². The highest BCUT2D eigenvalue weighted by molar-refractivity contribution is 6.07. The highest BCUT2D eigenvalue weighted by Gasteiger charge is 2.52. The number of benzene rings is 1. The molecule has 0 aromatic heterocycles. The normalized spacial score (nSPS) is 22.7. The van der Waals surface area contributed by atoms with Gasteiger partial charge in [-0.3, -0.25) is 14.9 Å². The maximum Gasteiger partial charge on any atom is 0.322 e. The van der Waals surface area contributed by atoms with Gasteiger partial charge in [0, 0.05) is 18.7 Å². The lowest BCUT2D eigenvalue weighted by Gasteiger charge is -2.41. The van der Waals surface area contributed by atoms with E-state index in [4.69, 9.17) is 0 Å². The summed E-state index contributed by atoms with van der Waals surface area (Å²) in [5, 5.41) is 5.19. The molecular weight excluding hydrogens is 380 g/mol. The molecule has 29 heavy (non-hydrogen) atoms. The maximum absolute atomic E-state index is 13.8. The van der Waals surface area contributed by atoms with Gasteiger partial charge in [-0.25, -0.2) is 13.6 Å². The molecule has 0 spiro atoms. The third-order valence-electron chi connectivity index (χ3n) is 6.02. The molecule has 2 aliphatic heterocycles. The van der Waals surface area contributed by atoms with E-state index in [1.54, 1.807) is 4.90 Å². The molecule has 1 aromatic rings. The molecule has 8 heteroatoms. The summed E-state index contributed by atoms with van der Waals surface area (Å²) in [4.78, 5) is 38.5. The first kappa shape index (κ1) is 21.2. The number of hydrogen-bond acceptors (Lipinski definition) is 3. The molecule has 2 aliphatic rings. The first-order valence-corrected chi connectivity index (χ1v) is 10.1. The smallest absolute Gasteiger partial charge is 0.322 e. The predicted molar refractivity (Wildman–Crippen MR) is 103 cm³/mol. The predicted octanol–water partition coefficient (Wildman–Crippen LogP) is 2.76. The Hall–Kier alpha value is -2.51. The van der Waals surface area contributed by atoms with E-state index in [0.29, 0.717) is 38.3 Å². The standard InChI is InChI=1S/C21H27F2N3O3/c1-13(2)6-9-21(19(28)24-20(29)25-21)14-7-10-26(11-8-14)18(27)12-15-16(22)4-3-5-17(15)23/h3-5,13-14H,6-12H2,1-2H3,(H2,24,25,28,29)/t21-/m0/s1. The molecule has 3 rings (SSSR count). The van der Waals surface area contributed by atoms with Gasteiger partial charge in [-0.05, 0) is 49.7 Å². The van der Waals surface area contributed by atoms with Crippen molar-refractivity contribution in [1.29, 1.82) is 0 Å². The minimum Gasteiger partial charge on any atom is -0.342 e. The average Bonchev–Trinajstić information content (AvgIpc) is 2.97. The van der Waals surface area contributed by atoms with Crippen LogP contribution in [-0.2, 0) is 16.0 Å². The van der Waals surface area contributed by atoms with Gasteiger partial charge in [0.1, 0.15) is 17.2 Å². The molecule has 0 aliphatic carbocycles. The molecular formula is C21H27F2N3O3. The van der Waals surface area contributed by atoms with Gasteiger partial charge in [0.05, 0.1) is 6.42 Å². The lowest BCUT2D eigenvalue weighted by Crippen LogP contribution is -2.56. The third-order valence-corrected chi connectivity index (χ3v) is 6.02. The van der Waals surface area contributed by atoms with E-state index in [2.05, 4.69) is 24.5 Å². The van der Waals surface area contributed by atoms with E-state index >= 15 is 0 Å². The third kappa shape index (κ3) is 4.41. The van der Waals surface area contributed by atoms with Crippen LogP contribution in [-0.4, -0.2) is 41.4 Å². The maximum atomic E-state index is 13.8. The molecule has 1 aromatic carbocycles. The SMILES string of the molecule is CC(C)CC[C@@]1(C2CCN(C(=O)Cc3c(F)cccc3F)CC2)NC(=O)NC1=O. The van der Waals surface area contributed by atoms with E-state index in [-0.39, 0.29) is 29.7 Å². The molecule has 2 saturated heterocycles. The fourth-order valence-electron chi connectivity index (χ4n) is 4.28. The topological polar surface area (TPSA) is 78.5 Å². The van der Waals surface area contributed by atoms with Crippen molar-refractivity contribution in [3.05, 3.63) is 35.4 Å². The van der Waals surface area contributed by atoms with Crippen molar-refractivity contribution in [3.8, 4) is 0 Å². The summed E-state index contributed by atoms with van der Waals surface area (Å²) in [6, 6.07) is 3.06. The Labute approximate surface area is 169 Å². The molecule has 2 heterocycles. The average molecular weight is 407 g/mol. The number of likely N-dealkylation sites (tertiary alicyclic amines) is 1. The number of hydrogen-bond donors (Lipinski definition) is 2. The number of imide groups is 1. The van der Waals surface area contributed by atoms with Crippen molar-refractivity contribution in [2.75, 3.05) is 13.1 Å². The number of nitrogens with zero attached hydrogens (tertiary/aromatic N) is 1. The molecule has 0 unspecified atom stereocenters. The van der Waals surface area contributed by atoms with Crippen LogP contribution in [0.1, 0.15) is 45.1 Å². The fraction of sp³-hybridized carbons (Fsp3) is 0.571. The lowest BCUT2D eigenvalue weighted by atomic mass is 9.74. The Balaban J connectivity index is 1.66. The highest BCUT2D eigenvalue weighted by Crippen LogP contribution is 2.35. The zero-order chi connectivity index (χ0) is 21.2. The van der Waals surface area contributed by atoms with Crippen molar-refractivity contribution in [2.24, 2.45) is 11.8 Å². The van der Waals surface area contributed by atoms with Crippen LogP contribution in [0, 0.1) is 23.5 Å². The second-order valence-corrected chi connectivity index (χ2v) is 8.34. The Kier molecular flexibility index (Phi) is 6.19. The number of carbonyl (C=O) groups excluding carboxylic acids is 3. The molecule has 2 N–H and O–H groups in total. The molecule has 6 nitrogen and oxygen atoms in total. The van der Waals surface area contributed by atoms with Crippen molar-refractivity contribution in [3.63, 3.8) is 0 Å². The summed E-state index contributed by atoms with van der Waals surface area (Å²) in [7, 11) is 0. The Morgan fingerprint density at radius 3 is 2.34 bits per heavy atom. The zero-order valence-corrected chi connectivity index (χ0v) is 16.8. The molecule has 4 amide bonds. The molecule has 158 valence electrons. The first-order chi connectivity index (χ1) is 13.7. The minimum atomic E-state index is -0.950. The summed E-state index contributed by atoms with van der Waals surface area (Å²) in [6.45, 7) is 4.88.